The van der Waals surface area contributed by atoms with E-state index in [2.05, 4.69) is 11.9 Å². The van der Waals surface area contributed by atoms with Gasteiger partial charge in [0.05, 0.1) is 12.1 Å². The second-order valence-electron chi connectivity index (χ2n) is 4.66. The van der Waals surface area contributed by atoms with Gasteiger partial charge in [-0.2, -0.15) is 0 Å². The van der Waals surface area contributed by atoms with E-state index in [1.165, 1.54) is 6.08 Å². The Morgan fingerprint density at radius 3 is 2.67 bits per heavy atom. The molecule has 0 spiro atoms. The lowest BCUT2D eigenvalue weighted by atomic mass is 9.81. The summed E-state index contributed by atoms with van der Waals surface area (Å²) in [6.45, 7) is 3.50. The quantitative estimate of drug-likeness (QED) is 0.321. The number of esters is 1. The fourth-order valence-electron chi connectivity index (χ4n) is 2.33. The van der Waals surface area contributed by atoms with E-state index in [-0.39, 0.29) is 24.6 Å². The highest BCUT2D eigenvalue weighted by Gasteiger charge is 2.37. The first-order valence-corrected chi connectivity index (χ1v) is 6.21. The Bertz CT molecular complexity index is 311. The number of nitrogens with one attached hydrogen (secondary N) is 1. The molecule has 0 bridgehead atoms. The molecule has 0 saturated heterocycles. The minimum Gasteiger partial charge on any atom is -0.461 e. The van der Waals surface area contributed by atoms with E-state index in [1.54, 1.807) is 0 Å². The largest absolute Gasteiger partial charge is 0.461 e. The standard InChI is InChI=1S/C12H20N2O4/c1-2-8-18-11(15)9-13-12(10-14(16)17)6-4-3-5-7-12/h2,13H,1,3-10H2. The smallest absolute Gasteiger partial charge is 0.320 e. The monoisotopic (exact) mass is 256 g/mol. The highest BCUT2D eigenvalue weighted by molar-refractivity contribution is 5.71. The second kappa shape index (κ2) is 7.10. The van der Waals surface area contributed by atoms with Crippen LogP contribution in [0.2, 0.25) is 0 Å². The number of hydrogen-bond acceptors (Lipinski definition) is 5. The van der Waals surface area contributed by atoms with Crippen molar-refractivity contribution < 1.29 is 14.5 Å². The minimum atomic E-state index is -0.547. The molecule has 1 rings (SSSR count). The lowest BCUT2D eigenvalue weighted by molar-refractivity contribution is -0.492. The van der Waals surface area contributed by atoms with Gasteiger partial charge in [-0.05, 0) is 12.8 Å². The number of carbonyl (C=O) groups excluding carboxylic acids is 1. The van der Waals surface area contributed by atoms with Gasteiger partial charge >= 0.3 is 5.97 Å². The molecule has 0 unspecified atom stereocenters. The maximum absolute atomic E-state index is 11.4. The Balaban J connectivity index is 2.48. The van der Waals surface area contributed by atoms with Crippen LogP contribution in [-0.4, -0.2) is 36.1 Å². The van der Waals surface area contributed by atoms with Crippen LogP contribution in [0.4, 0.5) is 0 Å². The van der Waals surface area contributed by atoms with Crippen LogP contribution in [0.25, 0.3) is 0 Å². The number of hydrogen-bond donors (Lipinski definition) is 1. The van der Waals surface area contributed by atoms with Gasteiger partial charge in [-0.25, -0.2) is 0 Å². The molecule has 6 nitrogen and oxygen atoms in total. The average Bonchev–Trinajstić information content (AvgIpc) is 2.34. The Hall–Kier alpha value is -1.43. The topological polar surface area (TPSA) is 81.5 Å². The molecule has 18 heavy (non-hydrogen) atoms. The van der Waals surface area contributed by atoms with E-state index in [9.17, 15) is 14.9 Å². The van der Waals surface area contributed by atoms with E-state index in [0.29, 0.717) is 0 Å². The summed E-state index contributed by atoms with van der Waals surface area (Å²) < 4.78 is 4.84. The molecule has 0 aromatic rings. The Labute approximate surface area is 107 Å². The van der Waals surface area contributed by atoms with Gasteiger partial charge in [0.2, 0.25) is 6.54 Å². The van der Waals surface area contributed by atoms with E-state index < -0.39 is 11.5 Å². The average molecular weight is 256 g/mol. The van der Waals surface area contributed by atoms with E-state index in [1.807, 2.05) is 0 Å². The normalized spacial score (nSPS) is 18.0. The van der Waals surface area contributed by atoms with Crippen LogP contribution < -0.4 is 5.32 Å². The van der Waals surface area contributed by atoms with Crippen LogP contribution in [0, 0.1) is 10.1 Å². The highest BCUT2D eigenvalue weighted by Crippen LogP contribution is 2.28. The van der Waals surface area contributed by atoms with Crippen LogP contribution in [-0.2, 0) is 9.53 Å². The number of ether oxygens (including phenoxy) is 1. The Morgan fingerprint density at radius 1 is 1.44 bits per heavy atom. The summed E-state index contributed by atoms with van der Waals surface area (Å²) in [5.74, 6) is -0.400. The summed E-state index contributed by atoms with van der Waals surface area (Å²) in [6.07, 6.45) is 5.99. The molecule has 0 radical (unpaired) electrons. The number of rotatable bonds is 7. The molecule has 1 saturated carbocycles. The Kier molecular flexibility index (Phi) is 5.77. The van der Waals surface area contributed by atoms with E-state index in [0.717, 1.165) is 32.1 Å². The van der Waals surface area contributed by atoms with Crippen molar-refractivity contribution in [1.82, 2.24) is 5.32 Å². The molecule has 0 heterocycles. The van der Waals surface area contributed by atoms with Crippen LogP contribution in [0.3, 0.4) is 0 Å². The zero-order chi connectivity index (χ0) is 13.4. The zero-order valence-corrected chi connectivity index (χ0v) is 10.5. The molecule has 1 fully saturated rings. The summed E-state index contributed by atoms with van der Waals surface area (Å²) in [5.41, 5.74) is -0.547. The molecule has 1 N–H and O–H groups in total. The van der Waals surface area contributed by atoms with Crippen molar-refractivity contribution in [1.29, 1.82) is 0 Å². The molecule has 102 valence electrons. The highest BCUT2D eigenvalue weighted by atomic mass is 16.6. The van der Waals surface area contributed by atoms with Gasteiger partial charge in [-0.15, -0.1) is 0 Å². The molecule has 1 aliphatic rings. The van der Waals surface area contributed by atoms with Gasteiger partial charge in [0.15, 0.2) is 0 Å². The zero-order valence-electron chi connectivity index (χ0n) is 10.5. The Morgan fingerprint density at radius 2 is 2.11 bits per heavy atom. The summed E-state index contributed by atoms with van der Waals surface area (Å²) in [5, 5.41) is 13.8. The van der Waals surface area contributed by atoms with Crippen molar-refractivity contribution in [3.8, 4) is 0 Å². The summed E-state index contributed by atoms with van der Waals surface area (Å²) in [4.78, 5) is 21.8. The van der Waals surface area contributed by atoms with Crippen molar-refractivity contribution in [3.63, 3.8) is 0 Å². The SMILES string of the molecule is C=CCOC(=O)CNC1(C[N+](=O)[O-])CCCCC1. The van der Waals surface area contributed by atoms with E-state index >= 15 is 0 Å². The molecule has 0 aromatic heterocycles. The molecular weight excluding hydrogens is 236 g/mol. The van der Waals surface area contributed by atoms with Gasteiger partial charge in [0.1, 0.15) is 6.61 Å². The van der Waals surface area contributed by atoms with Crippen LogP contribution in [0.15, 0.2) is 12.7 Å². The molecule has 0 aromatic carbocycles. The first-order valence-electron chi connectivity index (χ1n) is 6.21. The van der Waals surface area contributed by atoms with Gasteiger partial charge in [-0.3, -0.25) is 20.2 Å². The van der Waals surface area contributed by atoms with Gasteiger partial charge in [0, 0.05) is 4.92 Å². The molecule has 1 aliphatic carbocycles. The third kappa shape index (κ3) is 4.83. The summed E-state index contributed by atoms with van der Waals surface area (Å²) in [6, 6.07) is 0. The maximum atomic E-state index is 11.4. The molecule has 0 amide bonds. The minimum absolute atomic E-state index is 0.0156. The first-order chi connectivity index (χ1) is 8.58. The third-order valence-corrected chi connectivity index (χ3v) is 3.21. The number of nitro groups is 1. The van der Waals surface area contributed by atoms with Gasteiger partial charge in [-0.1, -0.05) is 31.9 Å². The van der Waals surface area contributed by atoms with Gasteiger partial charge in [0.25, 0.3) is 0 Å². The molecule has 0 atom stereocenters. The number of carbonyl (C=O) groups is 1. The fourth-order valence-corrected chi connectivity index (χ4v) is 2.33. The molecular formula is C12H20N2O4. The first kappa shape index (κ1) is 14.6. The molecule has 6 heteroatoms. The van der Waals surface area contributed by atoms with Crippen molar-refractivity contribution in [2.45, 2.75) is 37.6 Å². The van der Waals surface area contributed by atoms with Crippen molar-refractivity contribution in [2.75, 3.05) is 19.7 Å². The van der Waals surface area contributed by atoms with Crippen LogP contribution in [0.5, 0.6) is 0 Å². The van der Waals surface area contributed by atoms with E-state index in [4.69, 9.17) is 4.74 Å². The van der Waals surface area contributed by atoms with Crippen molar-refractivity contribution in [3.05, 3.63) is 22.8 Å². The maximum Gasteiger partial charge on any atom is 0.320 e. The second-order valence-corrected chi connectivity index (χ2v) is 4.66. The summed E-state index contributed by atoms with van der Waals surface area (Å²) in [7, 11) is 0. The van der Waals surface area contributed by atoms with Crippen LogP contribution in [0.1, 0.15) is 32.1 Å². The third-order valence-electron chi connectivity index (χ3n) is 3.21. The predicted molar refractivity (Wildman–Crippen MR) is 66.8 cm³/mol. The van der Waals surface area contributed by atoms with Crippen molar-refractivity contribution in [2.24, 2.45) is 0 Å². The fraction of sp³-hybridized carbons (Fsp3) is 0.750. The van der Waals surface area contributed by atoms with Crippen LogP contribution >= 0.6 is 0 Å². The number of nitrogens with zero attached hydrogens (tertiary/aromatic N) is 1. The lowest BCUT2D eigenvalue weighted by Gasteiger charge is -2.34. The van der Waals surface area contributed by atoms with Gasteiger partial charge < -0.3 is 4.74 Å². The van der Waals surface area contributed by atoms with Crippen molar-refractivity contribution >= 4 is 5.97 Å². The molecule has 0 aliphatic heterocycles. The lowest BCUT2D eigenvalue weighted by Crippen LogP contribution is -2.53. The summed E-state index contributed by atoms with van der Waals surface area (Å²) >= 11 is 0. The predicted octanol–water partition coefficient (Wildman–Crippen LogP) is 1.28.